The highest BCUT2D eigenvalue weighted by molar-refractivity contribution is 5.97. The van der Waals surface area contributed by atoms with E-state index in [-0.39, 0.29) is 23.6 Å². The smallest absolute Gasteiger partial charge is 0.354 e. The fourth-order valence-electron chi connectivity index (χ4n) is 3.18. The van der Waals surface area contributed by atoms with E-state index < -0.39 is 5.97 Å². The van der Waals surface area contributed by atoms with Crippen molar-refractivity contribution in [3.8, 4) is 0 Å². The van der Waals surface area contributed by atoms with Gasteiger partial charge in [0.05, 0.1) is 0 Å². The van der Waals surface area contributed by atoms with E-state index in [0.29, 0.717) is 37.1 Å². The molecule has 0 unspecified atom stereocenters. The molecule has 27 heavy (non-hydrogen) atoms. The fraction of sp³-hybridized carbons (Fsp3) is 0.300. The summed E-state index contributed by atoms with van der Waals surface area (Å²) in [6.07, 6.45) is 2.63. The quantitative estimate of drug-likeness (QED) is 0.862. The first kappa shape index (κ1) is 18.6. The van der Waals surface area contributed by atoms with Crippen LogP contribution in [0.3, 0.4) is 0 Å². The van der Waals surface area contributed by atoms with Crippen LogP contribution in [0.5, 0.6) is 0 Å². The number of hydrogen-bond donors (Lipinski definition) is 2. The lowest BCUT2D eigenvalue weighted by Gasteiger charge is -2.32. The Morgan fingerprint density at radius 2 is 1.85 bits per heavy atom. The predicted molar refractivity (Wildman–Crippen MR) is 98.8 cm³/mol. The summed E-state index contributed by atoms with van der Waals surface area (Å²) in [5.41, 5.74) is 1.74. The van der Waals surface area contributed by atoms with E-state index in [1.165, 1.54) is 18.3 Å². The first-order valence-corrected chi connectivity index (χ1v) is 8.81. The van der Waals surface area contributed by atoms with Gasteiger partial charge in [0.1, 0.15) is 5.69 Å². The summed E-state index contributed by atoms with van der Waals surface area (Å²) >= 11 is 0. The lowest BCUT2D eigenvalue weighted by Crippen LogP contribution is -2.46. The highest BCUT2D eigenvalue weighted by Crippen LogP contribution is 2.16. The third-order valence-corrected chi connectivity index (χ3v) is 4.73. The molecule has 2 N–H and O–H groups in total. The lowest BCUT2D eigenvalue weighted by atomic mass is 10.0. The Balaban J connectivity index is 1.58. The molecule has 1 fully saturated rings. The van der Waals surface area contributed by atoms with Gasteiger partial charge < -0.3 is 15.3 Å². The number of carbonyl (C=O) groups excluding carboxylic acids is 2. The van der Waals surface area contributed by atoms with Crippen LogP contribution in [0.15, 0.2) is 42.6 Å². The average Bonchev–Trinajstić information content (AvgIpc) is 2.68. The van der Waals surface area contributed by atoms with Crippen LogP contribution >= 0.6 is 0 Å². The number of rotatable bonds is 4. The summed E-state index contributed by atoms with van der Waals surface area (Å²) in [4.78, 5) is 41.4. The summed E-state index contributed by atoms with van der Waals surface area (Å²) in [7, 11) is 0. The SMILES string of the molecule is Cc1ccccc1C(=O)NC1CCN(C(=O)c2ccnc(C(=O)O)c2)CC1. The Kier molecular flexibility index (Phi) is 5.49. The summed E-state index contributed by atoms with van der Waals surface area (Å²) in [6.45, 7) is 2.90. The first-order chi connectivity index (χ1) is 13.0. The van der Waals surface area contributed by atoms with Gasteiger partial charge in [-0.05, 0) is 43.5 Å². The van der Waals surface area contributed by atoms with Crippen LogP contribution in [0.4, 0.5) is 0 Å². The molecule has 1 aliphatic rings. The molecule has 0 saturated carbocycles. The summed E-state index contributed by atoms with van der Waals surface area (Å²) < 4.78 is 0. The lowest BCUT2D eigenvalue weighted by molar-refractivity contribution is 0.0690. The molecule has 0 radical (unpaired) electrons. The standard InChI is InChI=1S/C20H21N3O4/c1-13-4-2-3-5-16(13)18(24)22-15-7-10-23(11-8-15)19(25)14-6-9-21-17(12-14)20(26)27/h2-6,9,12,15H,7-8,10-11H2,1H3,(H,22,24)(H,26,27). The summed E-state index contributed by atoms with van der Waals surface area (Å²) in [6, 6.07) is 10.2. The molecule has 7 nitrogen and oxygen atoms in total. The number of nitrogens with zero attached hydrogens (tertiary/aromatic N) is 2. The number of benzene rings is 1. The molecular weight excluding hydrogens is 346 g/mol. The molecular formula is C20H21N3O4. The largest absolute Gasteiger partial charge is 0.477 e. The van der Waals surface area contributed by atoms with E-state index in [1.807, 2.05) is 25.1 Å². The van der Waals surface area contributed by atoms with Crippen molar-refractivity contribution < 1.29 is 19.5 Å². The van der Waals surface area contributed by atoms with Gasteiger partial charge in [-0.25, -0.2) is 9.78 Å². The van der Waals surface area contributed by atoms with Crippen molar-refractivity contribution in [2.24, 2.45) is 0 Å². The van der Waals surface area contributed by atoms with Crippen LogP contribution in [0, 0.1) is 6.92 Å². The van der Waals surface area contributed by atoms with E-state index in [2.05, 4.69) is 10.3 Å². The third kappa shape index (κ3) is 4.31. The molecule has 0 aliphatic carbocycles. The van der Waals surface area contributed by atoms with Crippen LogP contribution in [0.2, 0.25) is 0 Å². The minimum atomic E-state index is -1.16. The van der Waals surface area contributed by atoms with E-state index in [9.17, 15) is 14.4 Å². The number of pyridine rings is 1. The monoisotopic (exact) mass is 367 g/mol. The number of aromatic carboxylic acids is 1. The number of aryl methyl sites for hydroxylation is 1. The maximum Gasteiger partial charge on any atom is 0.354 e. The average molecular weight is 367 g/mol. The molecule has 2 amide bonds. The normalized spacial score (nSPS) is 14.6. The number of nitrogens with one attached hydrogen (secondary N) is 1. The van der Waals surface area contributed by atoms with E-state index >= 15 is 0 Å². The Bertz CT molecular complexity index is 873. The van der Waals surface area contributed by atoms with Crippen molar-refractivity contribution in [2.75, 3.05) is 13.1 Å². The van der Waals surface area contributed by atoms with Gasteiger partial charge in [-0.15, -0.1) is 0 Å². The second-order valence-corrected chi connectivity index (χ2v) is 6.59. The summed E-state index contributed by atoms with van der Waals surface area (Å²) in [5, 5.41) is 12.0. The Hall–Kier alpha value is -3.22. The highest BCUT2D eigenvalue weighted by atomic mass is 16.4. The molecule has 1 aromatic carbocycles. The zero-order chi connectivity index (χ0) is 19.4. The number of carboxylic acids is 1. The van der Waals surface area contributed by atoms with Crippen molar-refractivity contribution in [3.63, 3.8) is 0 Å². The van der Waals surface area contributed by atoms with Crippen LogP contribution in [-0.4, -0.2) is 51.9 Å². The zero-order valence-corrected chi connectivity index (χ0v) is 15.0. The maximum atomic E-state index is 12.6. The fourth-order valence-corrected chi connectivity index (χ4v) is 3.18. The maximum absolute atomic E-state index is 12.6. The highest BCUT2D eigenvalue weighted by Gasteiger charge is 2.25. The molecule has 0 atom stereocenters. The Morgan fingerprint density at radius 1 is 1.15 bits per heavy atom. The molecule has 1 aromatic heterocycles. The van der Waals surface area contributed by atoms with Crippen molar-refractivity contribution in [3.05, 3.63) is 65.0 Å². The van der Waals surface area contributed by atoms with E-state index in [1.54, 1.807) is 11.0 Å². The van der Waals surface area contributed by atoms with Crippen molar-refractivity contribution in [2.45, 2.75) is 25.8 Å². The molecule has 7 heteroatoms. The van der Waals surface area contributed by atoms with Crippen molar-refractivity contribution in [1.29, 1.82) is 0 Å². The van der Waals surface area contributed by atoms with Gasteiger partial charge >= 0.3 is 5.97 Å². The van der Waals surface area contributed by atoms with Gasteiger partial charge in [0.15, 0.2) is 0 Å². The molecule has 0 bridgehead atoms. The molecule has 3 rings (SSSR count). The van der Waals surface area contributed by atoms with Gasteiger partial charge in [-0.2, -0.15) is 0 Å². The molecule has 1 saturated heterocycles. The van der Waals surface area contributed by atoms with Gasteiger partial charge in [0, 0.05) is 36.5 Å². The van der Waals surface area contributed by atoms with Crippen molar-refractivity contribution >= 4 is 17.8 Å². The molecule has 0 spiro atoms. The Morgan fingerprint density at radius 3 is 2.52 bits per heavy atom. The summed E-state index contributed by atoms with van der Waals surface area (Å²) in [5.74, 6) is -1.48. The molecule has 140 valence electrons. The number of carboxylic acid groups (broad SMARTS) is 1. The van der Waals surface area contributed by atoms with E-state index in [0.717, 1.165) is 5.56 Å². The first-order valence-electron chi connectivity index (χ1n) is 8.81. The van der Waals surface area contributed by atoms with Gasteiger partial charge in [-0.3, -0.25) is 9.59 Å². The van der Waals surface area contributed by atoms with Crippen LogP contribution in [0.25, 0.3) is 0 Å². The van der Waals surface area contributed by atoms with Crippen molar-refractivity contribution in [1.82, 2.24) is 15.2 Å². The Labute approximate surface area is 157 Å². The number of aromatic nitrogens is 1. The van der Waals surface area contributed by atoms with Crippen LogP contribution in [0.1, 0.15) is 49.6 Å². The van der Waals surface area contributed by atoms with Gasteiger partial charge in [0.25, 0.3) is 11.8 Å². The molecule has 2 heterocycles. The number of likely N-dealkylation sites (tertiary alicyclic amines) is 1. The third-order valence-electron chi connectivity index (χ3n) is 4.73. The van der Waals surface area contributed by atoms with Gasteiger partial charge in [0.2, 0.25) is 0 Å². The number of hydrogen-bond acceptors (Lipinski definition) is 4. The topological polar surface area (TPSA) is 99.6 Å². The minimum Gasteiger partial charge on any atom is -0.477 e. The molecule has 1 aliphatic heterocycles. The number of carbonyl (C=O) groups is 3. The second-order valence-electron chi connectivity index (χ2n) is 6.59. The number of amides is 2. The molecule has 2 aromatic rings. The van der Waals surface area contributed by atoms with Gasteiger partial charge in [-0.1, -0.05) is 18.2 Å². The van der Waals surface area contributed by atoms with E-state index in [4.69, 9.17) is 5.11 Å². The minimum absolute atomic E-state index is 0.00757. The zero-order valence-electron chi connectivity index (χ0n) is 15.0. The second kappa shape index (κ2) is 7.99. The number of piperidine rings is 1. The van der Waals surface area contributed by atoms with Crippen LogP contribution < -0.4 is 5.32 Å². The predicted octanol–water partition coefficient (Wildman–Crippen LogP) is 2.12. The van der Waals surface area contributed by atoms with Crippen LogP contribution in [-0.2, 0) is 0 Å².